The summed E-state index contributed by atoms with van der Waals surface area (Å²) < 4.78 is 4.03. The van der Waals surface area contributed by atoms with Crippen LogP contribution in [-0.2, 0) is 11.2 Å². The zero-order valence-electron chi connectivity index (χ0n) is 9.33. The lowest BCUT2D eigenvalue weighted by Crippen LogP contribution is -2.14. The van der Waals surface area contributed by atoms with Crippen molar-refractivity contribution in [2.45, 2.75) is 19.3 Å². The third-order valence-electron chi connectivity index (χ3n) is 2.42. The Labute approximate surface area is 103 Å². The van der Waals surface area contributed by atoms with Crippen molar-refractivity contribution in [2.24, 2.45) is 0 Å². The van der Waals surface area contributed by atoms with Crippen molar-refractivity contribution in [1.82, 2.24) is 9.36 Å². The van der Waals surface area contributed by atoms with Crippen LogP contribution in [0.4, 0.5) is 0 Å². The Kier molecular flexibility index (Phi) is 3.49. The van der Waals surface area contributed by atoms with Crippen LogP contribution in [0.1, 0.15) is 22.3 Å². The number of aryl methyl sites for hydroxylation is 1. The summed E-state index contributed by atoms with van der Waals surface area (Å²) in [7, 11) is 0. The zero-order valence-corrected chi connectivity index (χ0v) is 10.1. The molecule has 5 heteroatoms. The van der Waals surface area contributed by atoms with E-state index in [9.17, 15) is 9.90 Å². The molecule has 0 saturated carbocycles. The number of hydrogen-bond acceptors (Lipinski definition) is 4. The van der Waals surface area contributed by atoms with Gasteiger partial charge in [0.1, 0.15) is 16.7 Å². The van der Waals surface area contributed by atoms with Gasteiger partial charge < -0.3 is 5.11 Å². The van der Waals surface area contributed by atoms with E-state index in [0.29, 0.717) is 17.3 Å². The molecular weight excluding hydrogens is 236 g/mol. The smallest absolute Gasteiger partial charge is 0.313 e. The molecule has 0 bridgehead atoms. The molecule has 1 unspecified atom stereocenters. The molecule has 1 atom stereocenters. The molecule has 0 amide bonds. The van der Waals surface area contributed by atoms with Gasteiger partial charge in [0.15, 0.2) is 0 Å². The summed E-state index contributed by atoms with van der Waals surface area (Å²) in [5, 5.41) is 9.80. The lowest BCUT2D eigenvalue weighted by atomic mass is 10.0. The Morgan fingerprint density at radius 1 is 1.41 bits per heavy atom. The van der Waals surface area contributed by atoms with Crippen LogP contribution in [0, 0.1) is 6.92 Å². The third-order valence-corrected chi connectivity index (χ3v) is 3.34. The molecule has 0 aliphatic heterocycles. The Bertz CT molecular complexity index is 510. The summed E-state index contributed by atoms with van der Waals surface area (Å²) in [6, 6.07) is 9.56. The Morgan fingerprint density at radius 3 is 2.65 bits per heavy atom. The minimum Gasteiger partial charge on any atom is -0.481 e. The number of aromatic nitrogens is 2. The average Bonchev–Trinajstić information content (AvgIpc) is 2.73. The highest BCUT2D eigenvalue weighted by Crippen LogP contribution is 2.22. The number of aliphatic carboxylic acids is 1. The van der Waals surface area contributed by atoms with Crippen molar-refractivity contribution in [3.63, 3.8) is 0 Å². The molecule has 2 aromatic rings. The van der Waals surface area contributed by atoms with Crippen LogP contribution in [0.25, 0.3) is 0 Å². The largest absolute Gasteiger partial charge is 0.481 e. The number of carbonyl (C=O) groups is 1. The van der Waals surface area contributed by atoms with E-state index >= 15 is 0 Å². The van der Waals surface area contributed by atoms with Gasteiger partial charge in [0.2, 0.25) is 0 Å². The van der Waals surface area contributed by atoms with Gasteiger partial charge in [-0.25, -0.2) is 4.98 Å². The maximum Gasteiger partial charge on any atom is 0.313 e. The number of hydrogen-bond donors (Lipinski definition) is 1. The van der Waals surface area contributed by atoms with Crippen LogP contribution in [0.5, 0.6) is 0 Å². The molecule has 88 valence electrons. The van der Waals surface area contributed by atoms with Gasteiger partial charge in [-0.15, -0.1) is 0 Å². The standard InChI is InChI=1S/C12H12N2O2S/c1-8-13-11(17-14-8)10(12(15)16)7-9-5-3-2-4-6-9/h2-6,10H,7H2,1H3,(H,15,16). The van der Waals surface area contributed by atoms with E-state index < -0.39 is 11.9 Å². The van der Waals surface area contributed by atoms with E-state index in [1.165, 1.54) is 0 Å². The summed E-state index contributed by atoms with van der Waals surface area (Å²) >= 11 is 1.16. The quantitative estimate of drug-likeness (QED) is 0.901. The third kappa shape index (κ3) is 2.88. The van der Waals surface area contributed by atoms with Crippen LogP contribution < -0.4 is 0 Å². The maximum absolute atomic E-state index is 11.3. The number of nitrogens with zero attached hydrogens (tertiary/aromatic N) is 2. The fourth-order valence-corrected chi connectivity index (χ4v) is 2.34. The van der Waals surface area contributed by atoms with Crippen LogP contribution in [0.3, 0.4) is 0 Å². The first-order chi connectivity index (χ1) is 8.16. The van der Waals surface area contributed by atoms with Gasteiger partial charge in [0.05, 0.1) is 0 Å². The van der Waals surface area contributed by atoms with Crippen molar-refractivity contribution < 1.29 is 9.90 Å². The molecule has 2 rings (SSSR count). The molecule has 0 saturated heterocycles. The molecular formula is C12H12N2O2S. The van der Waals surface area contributed by atoms with Crippen molar-refractivity contribution in [2.75, 3.05) is 0 Å². The maximum atomic E-state index is 11.3. The highest BCUT2D eigenvalue weighted by molar-refractivity contribution is 7.05. The molecule has 0 aliphatic rings. The van der Waals surface area contributed by atoms with E-state index in [-0.39, 0.29) is 0 Å². The van der Waals surface area contributed by atoms with Crippen LogP contribution >= 0.6 is 11.5 Å². The second kappa shape index (κ2) is 5.05. The summed E-state index contributed by atoms with van der Waals surface area (Å²) in [4.78, 5) is 15.4. The van der Waals surface area contributed by atoms with Crippen LogP contribution in [0.2, 0.25) is 0 Å². The summed E-state index contributed by atoms with van der Waals surface area (Å²) in [5.74, 6) is -0.835. The lowest BCUT2D eigenvalue weighted by Gasteiger charge is -2.08. The Balaban J connectivity index is 2.22. The molecule has 4 nitrogen and oxygen atoms in total. The fourth-order valence-electron chi connectivity index (χ4n) is 1.58. The average molecular weight is 248 g/mol. The number of benzene rings is 1. The van der Waals surface area contributed by atoms with E-state index in [1.807, 2.05) is 30.3 Å². The minimum atomic E-state index is -0.856. The van der Waals surface area contributed by atoms with Crippen molar-refractivity contribution in [3.8, 4) is 0 Å². The normalized spacial score (nSPS) is 12.3. The van der Waals surface area contributed by atoms with Crippen molar-refractivity contribution >= 4 is 17.5 Å². The summed E-state index contributed by atoms with van der Waals surface area (Å²) in [5.41, 5.74) is 0.993. The molecule has 0 aliphatic carbocycles. The van der Waals surface area contributed by atoms with Gasteiger partial charge in [0, 0.05) is 0 Å². The Morgan fingerprint density at radius 2 is 2.12 bits per heavy atom. The first-order valence-electron chi connectivity index (χ1n) is 5.24. The van der Waals surface area contributed by atoms with Crippen molar-refractivity contribution in [3.05, 3.63) is 46.7 Å². The molecule has 17 heavy (non-hydrogen) atoms. The second-order valence-electron chi connectivity index (χ2n) is 3.76. The monoisotopic (exact) mass is 248 g/mol. The summed E-state index contributed by atoms with van der Waals surface area (Å²) in [6.07, 6.45) is 0.449. The predicted octanol–water partition coefficient (Wildman–Crippen LogP) is 2.26. The first-order valence-corrected chi connectivity index (χ1v) is 6.01. The van der Waals surface area contributed by atoms with Crippen LogP contribution in [-0.4, -0.2) is 20.4 Å². The number of carboxylic acids is 1. The SMILES string of the molecule is Cc1nsc(C(Cc2ccccc2)C(=O)O)n1. The van der Waals surface area contributed by atoms with E-state index in [0.717, 1.165) is 17.1 Å². The highest BCUT2D eigenvalue weighted by atomic mass is 32.1. The zero-order chi connectivity index (χ0) is 12.3. The van der Waals surface area contributed by atoms with E-state index in [1.54, 1.807) is 6.92 Å². The molecule has 1 N–H and O–H groups in total. The number of carboxylic acid groups (broad SMARTS) is 1. The van der Waals surface area contributed by atoms with Gasteiger partial charge in [-0.1, -0.05) is 30.3 Å². The molecule has 0 spiro atoms. The predicted molar refractivity (Wildman–Crippen MR) is 65.2 cm³/mol. The van der Waals surface area contributed by atoms with Gasteiger partial charge in [-0.3, -0.25) is 4.79 Å². The van der Waals surface area contributed by atoms with Gasteiger partial charge in [-0.05, 0) is 30.4 Å². The molecule has 1 aromatic heterocycles. The Hall–Kier alpha value is -1.75. The number of rotatable bonds is 4. The van der Waals surface area contributed by atoms with Gasteiger partial charge in [-0.2, -0.15) is 4.37 Å². The topological polar surface area (TPSA) is 63.1 Å². The summed E-state index contributed by atoms with van der Waals surface area (Å²) in [6.45, 7) is 1.77. The van der Waals surface area contributed by atoms with Crippen molar-refractivity contribution in [1.29, 1.82) is 0 Å². The first kappa shape index (κ1) is 11.7. The molecule has 0 radical (unpaired) electrons. The van der Waals surface area contributed by atoms with E-state index in [2.05, 4.69) is 9.36 Å². The van der Waals surface area contributed by atoms with Crippen LogP contribution in [0.15, 0.2) is 30.3 Å². The molecule has 1 aromatic carbocycles. The highest BCUT2D eigenvalue weighted by Gasteiger charge is 2.23. The second-order valence-corrected chi connectivity index (χ2v) is 4.54. The minimum absolute atomic E-state index is 0.449. The van der Waals surface area contributed by atoms with E-state index in [4.69, 9.17) is 0 Å². The molecule has 1 heterocycles. The lowest BCUT2D eigenvalue weighted by molar-refractivity contribution is -0.138. The molecule has 0 fully saturated rings. The van der Waals surface area contributed by atoms with Gasteiger partial charge >= 0.3 is 5.97 Å². The fraction of sp³-hybridized carbons (Fsp3) is 0.250. The van der Waals surface area contributed by atoms with Gasteiger partial charge in [0.25, 0.3) is 0 Å².